The van der Waals surface area contributed by atoms with Crippen LogP contribution in [0.1, 0.15) is 31.9 Å². The van der Waals surface area contributed by atoms with Crippen molar-refractivity contribution in [3.05, 3.63) is 29.3 Å². The number of nitrogens with two attached hydrogens (primary N) is 1. The standard InChI is InChI=1S/C14H23NO/c1-10-6-7-12(11(2)8-10)16-13(9-15)14(3,4)5/h6-8,13H,9,15H2,1-5H3. The van der Waals surface area contributed by atoms with E-state index in [0.29, 0.717) is 6.54 Å². The SMILES string of the molecule is Cc1ccc(OC(CN)C(C)(C)C)c(C)c1. The van der Waals surface area contributed by atoms with Gasteiger partial charge in [0.2, 0.25) is 0 Å². The summed E-state index contributed by atoms with van der Waals surface area (Å²) in [5.41, 5.74) is 8.25. The van der Waals surface area contributed by atoms with Crippen molar-refractivity contribution in [3.8, 4) is 5.75 Å². The Morgan fingerprint density at radius 2 is 1.88 bits per heavy atom. The third-order valence-corrected chi connectivity index (χ3v) is 2.78. The van der Waals surface area contributed by atoms with E-state index in [1.165, 1.54) is 11.1 Å². The zero-order valence-electron chi connectivity index (χ0n) is 11.0. The Balaban J connectivity index is 2.86. The Labute approximate surface area is 98.8 Å². The van der Waals surface area contributed by atoms with Gasteiger partial charge in [0.05, 0.1) is 0 Å². The molecule has 0 amide bonds. The Kier molecular flexibility index (Phi) is 3.98. The molecular formula is C14H23NO. The third kappa shape index (κ3) is 3.24. The van der Waals surface area contributed by atoms with Gasteiger partial charge in [-0.1, -0.05) is 38.5 Å². The van der Waals surface area contributed by atoms with Crippen molar-refractivity contribution in [2.24, 2.45) is 11.1 Å². The van der Waals surface area contributed by atoms with Gasteiger partial charge in [0.15, 0.2) is 0 Å². The van der Waals surface area contributed by atoms with Crippen LogP contribution >= 0.6 is 0 Å². The zero-order valence-corrected chi connectivity index (χ0v) is 11.0. The van der Waals surface area contributed by atoms with Crippen LogP contribution < -0.4 is 10.5 Å². The summed E-state index contributed by atoms with van der Waals surface area (Å²) < 4.78 is 5.99. The van der Waals surface area contributed by atoms with Crippen LogP contribution in [0.5, 0.6) is 5.75 Å². The molecule has 1 aromatic rings. The first kappa shape index (κ1) is 13.0. The fourth-order valence-corrected chi connectivity index (χ4v) is 1.66. The molecule has 16 heavy (non-hydrogen) atoms. The molecule has 0 spiro atoms. The van der Waals surface area contributed by atoms with Crippen LogP contribution in [0.4, 0.5) is 0 Å². The fourth-order valence-electron chi connectivity index (χ4n) is 1.66. The van der Waals surface area contributed by atoms with Crippen molar-refractivity contribution >= 4 is 0 Å². The number of aryl methyl sites for hydroxylation is 2. The summed E-state index contributed by atoms with van der Waals surface area (Å²) in [5.74, 6) is 0.941. The highest BCUT2D eigenvalue weighted by Gasteiger charge is 2.25. The maximum absolute atomic E-state index is 5.99. The van der Waals surface area contributed by atoms with Crippen molar-refractivity contribution in [1.82, 2.24) is 0 Å². The first-order chi connectivity index (χ1) is 7.34. The van der Waals surface area contributed by atoms with Crippen molar-refractivity contribution < 1.29 is 4.74 Å². The highest BCUT2D eigenvalue weighted by molar-refractivity contribution is 5.35. The van der Waals surface area contributed by atoms with Gasteiger partial charge in [-0.05, 0) is 25.5 Å². The van der Waals surface area contributed by atoms with E-state index >= 15 is 0 Å². The van der Waals surface area contributed by atoms with Crippen molar-refractivity contribution in [1.29, 1.82) is 0 Å². The second kappa shape index (κ2) is 4.88. The molecule has 0 saturated heterocycles. The van der Waals surface area contributed by atoms with Crippen LogP contribution in [-0.4, -0.2) is 12.6 Å². The lowest BCUT2D eigenvalue weighted by Gasteiger charge is -2.30. The highest BCUT2D eigenvalue weighted by Crippen LogP contribution is 2.26. The second-order valence-corrected chi connectivity index (χ2v) is 5.48. The van der Waals surface area contributed by atoms with Crippen molar-refractivity contribution in [2.75, 3.05) is 6.54 Å². The van der Waals surface area contributed by atoms with Crippen LogP contribution in [0.15, 0.2) is 18.2 Å². The van der Waals surface area contributed by atoms with Crippen LogP contribution in [-0.2, 0) is 0 Å². The second-order valence-electron chi connectivity index (χ2n) is 5.48. The van der Waals surface area contributed by atoms with E-state index in [2.05, 4.69) is 46.8 Å². The van der Waals surface area contributed by atoms with Gasteiger partial charge in [0, 0.05) is 12.0 Å². The van der Waals surface area contributed by atoms with Crippen LogP contribution in [0, 0.1) is 19.3 Å². The third-order valence-electron chi connectivity index (χ3n) is 2.78. The molecule has 2 nitrogen and oxygen atoms in total. The minimum absolute atomic E-state index is 0.0499. The van der Waals surface area contributed by atoms with Crippen molar-refractivity contribution in [2.45, 2.75) is 40.7 Å². The molecule has 0 aliphatic heterocycles. The van der Waals surface area contributed by atoms with Crippen LogP contribution in [0.25, 0.3) is 0 Å². The molecular weight excluding hydrogens is 198 g/mol. The molecule has 1 aromatic carbocycles. The van der Waals surface area contributed by atoms with Gasteiger partial charge >= 0.3 is 0 Å². The summed E-state index contributed by atoms with van der Waals surface area (Å²) in [4.78, 5) is 0. The topological polar surface area (TPSA) is 35.2 Å². The van der Waals surface area contributed by atoms with Gasteiger partial charge in [0.1, 0.15) is 11.9 Å². The first-order valence-electron chi connectivity index (χ1n) is 5.78. The van der Waals surface area contributed by atoms with Crippen molar-refractivity contribution in [3.63, 3.8) is 0 Å². The number of hydrogen-bond donors (Lipinski definition) is 1. The van der Waals surface area contributed by atoms with Gasteiger partial charge in [0.25, 0.3) is 0 Å². The minimum atomic E-state index is 0.0499. The molecule has 0 aromatic heterocycles. The molecule has 90 valence electrons. The summed E-state index contributed by atoms with van der Waals surface area (Å²) in [7, 11) is 0. The predicted octanol–water partition coefficient (Wildman–Crippen LogP) is 3.06. The monoisotopic (exact) mass is 221 g/mol. The Morgan fingerprint density at radius 3 is 2.31 bits per heavy atom. The number of benzene rings is 1. The normalized spacial score (nSPS) is 13.6. The molecule has 0 heterocycles. The van der Waals surface area contributed by atoms with Gasteiger partial charge in [-0.15, -0.1) is 0 Å². The molecule has 1 unspecified atom stereocenters. The quantitative estimate of drug-likeness (QED) is 0.851. The largest absolute Gasteiger partial charge is 0.488 e. The number of ether oxygens (including phenoxy) is 1. The summed E-state index contributed by atoms with van der Waals surface area (Å²) in [6.45, 7) is 11.1. The summed E-state index contributed by atoms with van der Waals surface area (Å²) in [6.07, 6.45) is 0.0499. The molecule has 0 radical (unpaired) electrons. The van der Waals surface area contributed by atoms with Gasteiger partial charge in [-0.25, -0.2) is 0 Å². The summed E-state index contributed by atoms with van der Waals surface area (Å²) in [5, 5.41) is 0. The van der Waals surface area contributed by atoms with Gasteiger partial charge in [-0.2, -0.15) is 0 Å². The average Bonchev–Trinajstić information content (AvgIpc) is 2.14. The van der Waals surface area contributed by atoms with E-state index in [0.717, 1.165) is 5.75 Å². The average molecular weight is 221 g/mol. The lowest BCUT2D eigenvalue weighted by atomic mass is 9.89. The smallest absolute Gasteiger partial charge is 0.122 e. The lowest BCUT2D eigenvalue weighted by molar-refractivity contribution is 0.0934. The Bertz CT molecular complexity index is 352. The van der Waals surface area contributed by atoms with E-state index in [1.54, 1.807) is 0 Å². The van der Waals surface area contributed by atoms with E-state index in [9.17, 15) is 0 Å². The summed E-state index contributed by atoms with van der Waals surface area (Å²) >= 11 is 0. The molecule has 1 rings (SSSR count). The van der Waals surface area contributed by atoms with E-state index in [4.69, 9.17) is 10.5 Å². The first-order valence-corrected chi connectivity index (χ1v) is 5.78. The maximum atomic E-state index is 5.99. The van der Waals surface area contributed by atoms with E-state index < -0.39 is 0 Å². The van der Waals surface area contributed by atoms with Gasteiger partial charge < -0.3 is 10.5 Å². The Hall–Kier alpha value is -1.02. The van der Waals surface area contributed by atoms with E-state index in [-0.39, 0.29) is 11.5 Å². The van der Waals surface area contributed by atoms with Crippen LogP contribution in [0.3, 0.4) is 0 Å². The minimum Gasteiger partial charge on any atom is -0.488 e. The molecule has 0 aliphatic rings. The molecule has 0 fully saturated rings. The van der Waals surface area contributed by atoms with E-state index in [1.807, 2.05) is 6.07 Å². The molecule has 1 atom stereocenters. The predicted molar refractivity (Wildman–Crippen MR) is 68.8 cm³/mol. The number of rotatable bonds is 3. The molecule has 2 heteroatoms. The zero-order chi connectivity index (χ0) is 12.3. The maximum Gasteiger partial charge on any atom is 0.122 e. The Morgan fingerprint density at radius 1 is 1.25 bits per heavy atom. The van der Waals surface area contributed by atoms with Gasteiger partial charge in [-0.3, -0.25) is 0 Å². The molecule has 0 saturated carbocycles. The highest BCUT2D eigenvalue weighted by atomic mass is 16.5. The molecule has 0 bridgehead atoms. The van der Waals surface area contributed by atoms with Crippen LogP contribution in [0.2, 0.25) is 0 Å². The summed E-state index contributed by atoms with van der Waals surface area (Å²) in [6, 6.07) is 6.23. The number of hydrogen-bond acceptors (Lipinski definition) is 2. The fraction of sp³-hybridized carbons (Fsp3) is 0.571. The molecule has 2 N–H and O–H groups in total. The lowest BCUT2D eigenvalue weighted by Crippen LogP contribution is -2.38. The molecule has 0 aliphatic carbocycles.